The highest BCUT2D eigenvalue weighted by molar-refractivity contribution is 5.70. The molecule has 0 aromatic heterocycles. The van der Waals surface area contributed by atoms with Gasteiger partial charge in [0.15, 0.2) is 12.4 Å². The number of carbonyl (C=O) groups is 2. The van der Waals surface area contributed by atoms with E-state index in [1.54, 1.807) is 0 Å². The first-order valence-electron chi connectivity index (χ1n) is 24.6. The summed E-state index contributed by atoms with van der Waals surface area (Å²) >= 11 is 0. The van der Waals surface area contributed by atoms with E-state index in [0.29, 0.717) is 6.42 Å². The molecule has 344 valence electrons. The molecule has 1 heterocycles. The zero-order chi connectivity index (χ0) is 42.3. The summed E-state index contributed by atoms with van der Waals surface area (Å²) < 4.78 is 22.2. The maximum atomic E-state index is 12.8. The lowest BCUT2D eigenvalue weighted by Gasteiger charge is -2.39. The predicted molar refractivity (Wildman–Crippen MR) is 234 cm³/mol. The number of carbonyl (C=O) groups excluding carboxylic acids is 2. The molecule has 1 saturated heterocycles. The van der Waals surface area contributed by atoms with Crippen LogP contribution in [-0.2, 0) is 28.5 Å². The van der Waals surface area contributed by atoms with Gasteiger partial charge in [0, 0.05) is 12.8 Å². The van der Waals surface area contributed by atoms with Crippen LogP contribution in [0.5, 0.6) is 0 Å². The predicted octanol–water partition coefficient (Wildman–Crippen LogP) is 11.0. The Morgan fingerprint density at radius 2 is 0.810 bits per heavy atom. The van der Waals surface area contributed by atoms with E-state index in [1.807, 2.05) is 0 Å². The van der Waals surface area contributed by atoms with Gasteiger partial charge in [0.1, 0.15) is 31.0 Å². The van der Waals surface area contributed by atoms with Crippen LogP contribution in [0.2, 0.25) is 0 Å². The molecule has 58 heavy (non-hydrogen) atoms. The number of rotatable bonds is 42. The van der Waals surface area contributed by atoms with Crippen molar-refractivity contribution in [2.75, 3.05) is 19.8 Å². The van der Waals surface area contributed by atoms with Gasteiger partial charge in [-0.1, -0.05) is 213 Å². The van der Waals surface area contributed by atoms with E-state index in [0.717, 1.165) is 38.5 Å². The van der Waals surface area contributed by atoms with E-state index in [9.17, 15) is 30.0 Å². The molecule has 1 rings (SSSR count). The Labute approximate surface area is 355 Å². The van der Waals surface area contributed by atoms with E-state index >= 15 is 0 Å². The van der Waals surface area contributed by atoms with Crippen LogP contribution in [0.1, 0.15) is 239 Å². The standard InChI is InChI=1S/C48H92O10/c1-3-5-7-9-11-13-15-17-19-20-21-22-23-25-27-29-31-33-35-37-44(51)57-41(40-56-48-47(54)46(53)45(52)42(38-49)58-48)39-55-43(50)36-34-32-30-28-26-24-18-16-14-12-10-8-6-4-2/h41-42,45-49,52-54H,3-40H2,1-2H3. The maximum Gasteiger partial charge on any atom is 0.306 e. The van der Waals surface area contributed by atoms with Crippen molar-refractivity contribution < 1.29 is 49.0 Å². The molecular formula is C48H92O10. The molecule has 0 spiro atoms. The molecule has 1 fully saturated rings. The van der Waals surface area contributed by atoms with Gasteiger partial charge in [0.2, 0.25) is 0 Å². The first-order valence-corrected chi connectivity index (χ1v) is 24.6. The maximum absolute atomic E-state index is 12.8. The fraction of sp³-hybridized carbons (Fsp3) is 0.958. The van der Waals surface area contributed by atoms with Crippen LogP contribution < -0.4 is 0 Å². The van der Waals surface area contributed by atoms with Gasteiger partial charge < -0.3 is 39.4 Å². The monoisotopic (exact) mass is 829 g/mol. The molecule has 0 saturated carbocycles. The minimum absolute atomic E-state index is 0.209. The summed E-state index contributed by atoms with van der Waals surface area (Å²) in [6.45, 7) is 3.47. The van der Waals surface area contributed by atoms with Crippen molar-refractivity contribution in [2.24, 2.45) is 0 Å². The van der Waals surface area contributed by atoms with Gasteiger partial charge in [0.25, 0.3) is 0 Å². The minimum Gasteiger partial charge on any atom is -0.462 e. The molecule has 6 unspecified atom stereocenters. The molecule has 0 radical (unpaired) electrons. The normalized spacial score (nSPS) is 20.0. The van der Waals surface area contributed by atoms with Gasteiger partial charge in [-0.2, -0.15) is 0 Å². The van der Waals surface area contributed by atoms with Crippen LogP contribution in [0.3, 0.4) is 0 Å². The molecule has 0 amide bonds. The van der Waals surface area contributed by atoms with E-state index in [-0.39, 0.29) is 32.0 Å². The van der Waals surface area contributed by atoms with Gasteiger partial charge in [0.05, 0.1) is 13.2 Å². The fourth-order valence-electron chi connectivity index (χ4n) is 7.84. The van der Waals surface area contributed by atoms with Gasteiger partial charge >= 0.3 is 11.9 Å². The third-order valence-electron chi connectivity index (χ3n) is 11.7. The number of hydrogen-bond acceptors (Lipinski definition) is 10. The highest BCUT2D eigenvalue weighted by Crippen LogP contribution is 2.23. The van der Waals surface area contributed by atoms with Gasteiger partial charge in [-0.05, 0) is 12.8 Å². The van der Waals surface area contributed by atoms with Gasteiger partial charge in [-0.25, -0.2) is 0 Å². The average Bonchev–Trinajstić information content (AvgIpc) is 3.22. The molecule has 0 aromatic rings. The highest BCUT2D eigenvalue weighted by atomic mass is 16.7. The first kappa shape index (κ1) is 54.7. The van der Waals surface area contributed by atoms with Crippen LogP contribution in [0.15, 0.2) is 0 Å². The van der Waals surface area contributed by atoms with E-state index in [1.165, 1.54) is 167 Å². The molecule has 6 atom stereocenters. The minimum atomic E-state index is -1.59. The quantitative estimate of drug-likeness (QED) is 0.0346. The lowest BCUT2D eigenvalue weighted by atomic mass is 9.99. The van der Waals surface area contributed by atoms with Crippen molar-refractivity contribution in [3.8, 4) is 0 Å². The summed E-state index contributed by atoms with van der Waals surface area (Å²) in [6.07, 6.45) is 33.9. The van der Waals surface area contributed by atoms with E-state index in [2.05, 4.69) is 13.8 Å². The van der Waals surface area contributed by atoms with Crippen LogP contribution >= 0.6 is 0 Å². The third kappa shape index (κ3) is 30.7. The molecule has 4 N–H and O–H groups in total. The Morgan fingerprint density at radius 1 is 0.466 bits per heavy atom. The molecule has 0 aliphatic carbocycles. The first-order chi connectivity index (χ1) is 28.3. The largest absolute Gasteiger partial charge is 0.462 e. The smallest absolute Gasteiger partial charge is 0.306 e. The Hall–Kier alpha value is -1.30. The number of esters is 2. The number of hydrogen-bond donors (Lipinski definition) is 4. The van der Waals surface area contributed by atoms with Crippen molar-refractivity contribution in [1.82, 2.24) is 0 Å². The zero-order valence-corrected chi connectivity index (χ0v) is 37.6. The second-order valence-corrected chi connectivity index (χ2v) is 17.3. The van der Waals surface area contributed by atoms with Gasteiger partial charge in [-0.3, -0.25) is 9.59 Å². The van der Waals surface area contributed by atoms with Crippen LogP contribution in [-0.4, -0.2) is 89.0 Å². The topological polar surface area (TPSA) is 152 Å². The lowest BCUT2D eigenvalue weighted by molar-refractivity contribution is -0.305. The SMILES string of the molecule is CCCCCCCCCCCCCCCCCCCCCC(=O)OC(COC(=O)CCCCCCCCCCCCCCCC)COC1OC(CO)C(O)C(O)C1O. The molecule has 10 nitrogen and oxygen atoms in total. The Morgan fingerprint density at radius 3 is 1.17 bits per heavy atom. The Kier molecular flexibility index (Phi) is 37.6. The van der Waals surface area contributed by atoms with Crippen LogP contribution in [0, 0.1) is 0 Å². The molecule has 0 bridgehead atoms. The van der Waals surface area contributed by atoms with Crippen LogP contribution in [0.25, 0.3) is 0 Å². The van der Waals surface area contributed by atoms with Crippen molar-refractivity contribution >= 4 is 11.9 Å². The van der Waals surface area contributed by atoms with Crippen molar-refractivity contribution in [2.45, 2.75) is 275 Å². The van der Waals surface area contributed by atoms with E-state index in [4.69, 9.17) is 18.9 Å². The van der Waals surface area contributed by atoms with Gasteiger partial charge in [-0.15, -0.1) is 0 Å². The summed E-state index contributed by atoms with van der Waals surface area (Å²) in [5, 5.41) is 40.1. The lowest BCUT2D eigenvalue weighted by Crippen LogP contribution is -2.59. The zero-order valence-electron chi connectivity index (χ0n) is 37.6. The second-order valence-electron chi connectivity index (χ2n) is 17.3. The van der Waals surface area contributed by atoms with Crippen molar-refractivity contribution in [3.05, 3.63) is 0 Å². The summed E-state index contributed by atoms with van der Waals surface area (Å²) in [5.74, 6) is -0.788. The highest BCUT2D eigenvalue weighted by Gasteiger charge is 2.44. The molecule has 10 heteroatoms. The number of aliphatic hydroxyl groups excluding tert-OH is 4. The van der Waals surface area contributed by atoms with E-state index < -0.39 is 49.4 Å². The number of ether oxygens (including phenoxy) is 4. The summed E-state index contributed by atoms with van der Waals surface area (Å²) in [4.78, 5) is 25.4. The van der Waals surface area contributed by atoms with Crippen LogP contribution in [0.4, 0.5) is 0 Å². The summed E-state index contributed by atoms with van der Waals surface area (Å²) in [6, 6.07) is 0. The summed E-state index contributed by atoms with van der Waals surface area (Å²) in [5.41, 5.74) is 0. The third-order valence-corrected chi connectivity index (χ3v) is 11.7. The Balaban J connectivity index is 2.26. The molecule has 1 aliphatic rings. The van der Waals surface area contributed by atoms with Crippen molar-refractivity contribution in [3.63, 3.8) is 0 Å². The average molecular weight is 829 g/mol. The molecule has 1 aliphatic heterocycles. The fourth-order valence-corrected chi connectivity index (χ4v) is 7.84. The molecule has 0 aromatic carbocycles. The number of unbranched alkanes of at least 4 members (excludes halogenated alkanes) is 31. The number of aliphatic hydroxyl groups is 4. The second kappa shape index (κ2) is 39.8. The Bertz CT molecular complexity index is 917. The van der Waals surface area contributed by atoms with Crippen molar-refractivity contribution in [1.29, 1.82) is 0 Å². The molecular weight excluding hydrogens is 737 g/mol. The summed E-state index contributed by atoms with van der Waals surface area (Å²) in [7, 11) is 0.